The van der Waals surface area contributed by atoms with Gasteiger partial charge in [-0.05, 0) is 24.3 Å². The minimum atomic E-state index is -0.251. The zero-order valence-electron chi connectivity index (χ0n) is 16.1. The van der Waals surface area contributed by atoms with Gasteiger partial charge >= 0.3 is 0 Å². The molecule has 0 spiro atoms. The molecule has 148 valence electrons. The number of hydrogen-bond acceptors (Lipinski definition) is 4. The van der Waals surface area contributed by atoms with Crippen molar-refractivity contribution in [3.05, 3.63) is 107 Å². The third-order valence-electron chi connectivity index (χ3n) is 4.76. The van der Waals surface area contributed by atoms with Crippen LogP contribution >= 0.6 is 0 Å². The molecule has 1 heterocycles. The standard InChI is InChI=1S/C24H19N3O3/c28-22(13-14-27-16-25-21-12-5-4-11-20(21)24(27)30)26-19-10-6-9-18(15-19)23(29)17-7-2-1-3-8-17/h1-12,15-16H,13-14H2,(H,26,28). The molecule has 0 aliphatic heterocycles. The molecule has 30 heavy (non-hydrogen) atoms. The maximum absolute atomic E-state index is 12.6. The number of aromatic nitrogens is 2. The van der Waals surface area contributed by atoms with Crippen LogP contribution in [0.2, 0.25) is 0 Å². The van der Waals surface area contributed by atoms with Gasteiger partial charge in [0.15, 0.2) is 5.78 Å². The van der Waals surface area contributed by atoms with E-state index in [1.807, 2.05) is 24.3 Å². The Kier molecular flexibility index (Phi) is 5.48. The number of fused-ring (bicyclic) bond motifs is 1. The van der Waals surface area contributed by atoms with Crippen molar-refractivity contribution in [3.63, 3.8) is 0 Å². The summed E-state index contributed by atoms with van der Waals surface area (Å²) in [5.41, 5.74) is 2.07. The highest BCUT2D eigenvalue weighted by atomic mass is 16.2. The van der Waals surface area contributed by atoms with E-state index in [9.17, 15) is 14.4 Å². The van der Waals surface area contributed by atoms with Crippen LogP contribution in [0.3, 0.4) is 0 Å². The van der Waals surface area contributed by atoms with Crippen molar-refractivity contribution >= 4 is 28.3 Å². The van der Waals surface area contributed by atoms with Crippen molar-refractivity contribution in [1.82, 2.24) is 9.55 Å². The van der Waals surface area contributed by atoms with Crippen LogP contribution in [-0.4, -0.2) is 21.2 Å². The average Bonchev–Trinajstić information content (AvgIpc) is 2.79. The van der Waals surface area contributed by atoms with Crippen LogP contribution in [0.25, 0.3) is 10.9 Å². The monoisotopic (exact) mass is 397 g/mol. The first-order chi connectivity index (χ1) is 14.6. The van der Waals surface area contributed by atoms with E-state index in [0.29, 0.717) is 27.7 Å². The second-order valence-corrected chi connectivity index (χ2v) is 6.83. The lowest BCUT2D eigenvalue weighted by Crippen LogP contribution is -2.23. The molecule has 0 atom stereocenters. The SMILES string of the molecule is O=C(CCn1cnc2ccccc2c1=O)Nc1cccc(C(=O)c2ccccc2)c1. The molecule has 0 saturated heterocycles. The molecule has 1 amide bonds. The molecule has 0 radical (unpaired) electrons. The van der Waals surface area contributed by atoms with Crippen LogP contribution in [0.1, 0.15) is 22.3 Å². The lowest BCUT2D eigenvalue weighted by molar-refractivity contribution is -0.116. The maximum atomic E-state index is 12.6. The normalized spacial score (nSPS) is 10.7. The molecular weight excluding hydrogens is 378 g/mol. The van der Waals surface area contributed by atoms with Crippen LogP contribution in [0, 0.1) is 0 Å². The molecule has 1 aromatic heterocycles. The van der Waals surface area contributed by atoms with Gasteiger partial charge in [0, 0.05) is 29.8 Å². The van der Waals surface area contributed by atoms with Crippen molar-refractivity contribution in [2.45, 2.75) is 13.0 Å². The Labute approximate surface area is 172 Å². The largest absolute Gasteiger partial charge is 0.326 e. The van der Waals surface area contributed by atoms with E-state index < -0.39 is 0 Å². The summed E-state index contributed by atoms with van der Waals surface area (Å²) in [5, 5.41) is 3.31. The van der Waals surface area contributed by atoms with Crippen LogP contribution in [-0.2, 0) is 11.3 Å². The van der Waals surface area contributed by atoms with Crippen molar-refractivity contribution in [3.8, 4) is 0 Å². The van der Waals surface area contributed by atoms with Crippen molar-refractivity contribution < 1.29 is 9.59 Å². The van der Waals surface area contributed by atoms with E-state index >= 15 is 0 Å². The number of anilines is 1. The summed E-state index contributed by atoms with van der Waals surface area (Å²) in [7, 11) is 0. The highest BCUT2D eigenvalue weighted by molar-refractivity contribution is 6.09. The Balaban J connectivity index is 1.43. The minimum absolute atomic E-state index is 0.108. The van der Waals surface area contributed by atoms with E-state index in [4.69, 9.17) is 0 Å². The summed E-state index contributed by atoms with van der Waals surface area (Å²) in [6, 6.07) is 22.9. The highest BCUT2D eigenvalue weighted by Crippen LogP contribution is 2.15. The molecule has 0 saturated carbocycles. The number of para-hydroxylation sites is 1. The zero-order chi connectivity index (χ0) is 20.9. The van der Waals surface area contributed by atoms with E-state index in [1.165, 1.54) is 10.9 Å². The zero-order valence-corrected chi connectivity index (χ0v) is 16.1. The molecule has 6 heteroatoms. The average molecular weight is 397 g/mol. The van der Waals surface area contributed by atoms with Gasteiger partial charge < -0.3 is 5.32 Å². The van der Waals surface area contributed by atoms with Gasteiger partial charge in [-0.15, -0.1) is 0 Å². The molecule has 1 N–H and O–H groups in total. The third-order valence-corrected chi connectivity index (χ3v) is 4.76. The van der Waals surface area contributed by atoms with Gasteiger partial charge in [0.1, 0.15) is 0 Å². The van der Waals surface area contributed by atoms with E-state index in [-0.39, 0.29) is 30.2 Å². The molecular formula is C24H19N3O3. The van der Waals surface area contributed by atoms with Gasteiger partial charge in [-0.2, -0.15) is 0 Å². The molecule has 6 nitrogen and oxygen atoms in total. The fourth-order valence-corrected chi connectivity index (χ4v) is 3.21. The molecule has 0 fully saturated rings. The molecule has 4 aromatic rings. The second-order valence-electron chi connectivity index (χ2n) is 6.83. The molecule has 3 aromatic carbocycles. The number of carbonyl (C=O) groups is 2. The molecule has 4 rings (SSSR count). The van der Waals surface area contributed by atoms with E-state index in [2.05, 4.69) is 10.3 Å². The first kappa shape index (κ1) is 19.3. The van der Waals surface area contributed by atoms with Crippen molar-refractivity contribution in [2.24, 2.45) is 0 Å². The van der Waals surface area contributed by atoms with Gasteiger partial charge in [0.2, 0.25) is 5.91 Å². The molecule has 0 aliphatic carbocycles. The second kappa shape index (κ2) is 8.53. The van der Waals surface area contributed by atoms with Gasteiger partial charge in [-0.25, -0.2) is 4.98 Å². The number of hydrogen-bond donors (Lipinski definition) is 1. The number of nitrogens with zero attached hydrogens (tertiary/aromatic N) is 2. The lowest BCUT2D eigenvalue weighted by Gasteiger charge is -2.09. The molecule has 0 bridgehead atoms. The quantitative estimate of drug-likeness (QED) is 0.504. The minimum Gasteiger partial charge on any atom is -0.326 e. The fourth-order valence-electron chi connectivity index (χ4n) is 3.21. The Bertz CT molecular complexity index is 1280. The van der Waals surface area contributed by atoms with Crippen LogP contribution in [0.5, 0.6) is 0 Å². The number of aryl methyl sites for hydroxylation is 1. The summed E-state index contributed by atoms with van der Waals surface area (Å²) in [6.45, 7) is 0.213. The van der Waals surface area contributed by atoms with Crippen LogP contribution in [0.4, 0.5) is 5.69 Å². The number of amides is 1. The number of carbonyl (C=O) groups excluding carboxylic acids is 2. The number of rotatable bonds is 6. The summed E-state index contributed by atoms with van der Waals surface area (Å²) in [6.07, 6.45) is 1.56. The molecule has 0 unspecified atom stereocenters. The Morgan fingerprint density at radius 2 is 1.60 bits per heavy atom. The lowest BCUT2D eigenvalue weighted by atomic mass is 10.0. The summed E-state index contributed by atoms with van der Waals surface area (Å²) < 4.78 is 1.43. The Morgan fingerprint density at radius 1 is 0.867 bits per heavy atom. The van der Waals surface area contributed by atoms with Gasteiger partial charge in [-0.1, -0.05) is 54.6 Å². The van der Waals surface area contributed by atoms with Crippen molar-refractivity contribution in [1.29, 1.82) is 0 Å². The first-order valence-electron chi connectivity index (χ1n) is 9.56. The third kappa shape index (κ3) is 4.17. The van der Waals surface area contributed by atoms with Gasteiger partial charge in [-0.3, -0.25) is 19.0 Å². The highest BCUT2D eigenvalue weighted by Gasteiger charge is 2.11. The fraction of sp³-hybridized carbons (Fsp3) is 0.0833. The summed E-state index contributed by atoms with van der Waals surface area (Å²) >= 11 is 0. The summed E-state index contributed by atoms with van der Waals surface area (Å²) in [4.78, 5) is 41.7. The predicted octanol–water partition coefficient (Wildman–Crippen LogP) is 3.66. The Morgan fingerprint density at radius 3 is 2.43 bits per heavy atom. The van der Waals surface area contributed by atoms with Gasteiger partial charge in [0.25, 0.3) is 5.56 Å². The molecule has 0 aliphatic rings. The summed E-state index contributed by atoms with van der Waals surface area (Å²) in [5.74, 6) is -0.361. The predicted molar refractivity (Wildman–Crippen MR) is 116 cm³/mol. The van der Waals surface area contributed by atoms with Gasteiger partial charge in [0.05, 0.1) is 17.2 Å². The number of ketones is 1. The first-order valence-corrected chi connectivity index (χ1v) is 9.56. The maximum Gasteiger partial charge on any atom is 0.261 e. The van der Waals surface area contributed by atoms with E-state index in [0.717, 1.165) is 0 Å². The van der Waals surface area contributed by atoms with Crippen LogP contribution in [0.15, 0.2) is 90.0 Å². The number of benzene rings is 3. The van der Waals surface area contributed by atoms with E-state index in [1.54, 1.807) is 54.6 Å². The topological polar surface area (TPSA) is 81.1 Å². The smallest absolute Gasteiger partial charge is 0.261 e. The number of nitrogens with one attached hydrogen (secondary N) is 1. The Hall–Kier alpha value is -4.06. The van der Waals surface area contributed by atoms with Crippen LogP contribution < -0.4 is 10.9 Å². The van der Waals surface area contributed by atoms with Crippen molar-refractivity contribution in [2.75, 3.05) is 5.32 Å².